The fourth-order valence-electron chi connectivity index (χ4n) is 5.05. The summed E-state index contributed by atoms with van der Waals surface area (Å²) in [6.45, 7) is 2.31. The van der Waals surface area contributed by atoms with Crippen molar-refractivity contribution in [2.45, 2.75) is 58.2 Å². The third-order valence-electron chi connectivity index (χ3n) is 6.65. The fraction of sp³-hybridized carbons (Fsp3) is 0.407. The van der Waals surface area contributed by atoms with E-state index in [4.69, 9.17) is 4.74 Å². The molecule has 0 bridgehead atoms. The molecule has 7 heteroatoms. The molecule has 0 saturated carbocycles. The van der Waals surface area contributed by atoms with E-state index in [1.807, 2.05) is 10.6 Å². The van der Waals surface area contributed by atoms with Crippen LogP contribution >= 0.6 is 0 Å². The molecule has 3 aromatic rings. The Morgan fingerprint density at radius 1 is 1.12 bits per heavy atom. The molecule has 0 amide bonds. The summed E-state index contributed by atoms with van der Waals surface area (Å²) in [4.78, 5) is 25.9. The molecule has 0 N–H and O–H groups in total. The van der Waals surface area contributed by atoms with Gasteiger partial charge in [-0.2, -0.15) is 13.2 Å². The molecule has 1 aromatic heterocycles. The number of fused-ring (bicyclic) bond motifs is 3. The highest BCUT2D eigenvalue weighted by Crippen LogP contribution is 2.38. The average molecular weight is 472 g/mol. The number of carbonyl (C=O) groups excluding carboxylic acids is 2. The Morgan fingerprint density at radius 2 is 1.88 bits per heavy atom. The van der Waals surface area contributed by atoms with Crippen LogP contribution in [-0.4, -0.2) is 23.4 Å². The van der Waals surface area contributed by atoms with Crippen molar-refractivity contribution in [3.8, 4) is 0 Å². The molecule has 4 rings (SSSR count). The predicted octanol–water partition coefficient (Wildman–Crippen LogP) is 6.82. The number of ether oxygens (including phenoxy) is 1. The van der Waals surface area contributed by atoms with E-state index in [2.05, 4.69) is 6.92 Å². The normalized spacial score (nSPS) is 16.0. The van der Waals surface area contributed by atoms with Crippen molar-refractivity contribution in [2.75, 3.05) is 7.11 Å². The minimum atomic E-state index is -4.44. The van der Waals surface area contributed by atoms with E-state index in [1.54, 1.807) is 18.2 Å². The van der Waals surface area contributed by atoms with Gasteiger partial charge in [0.2, 0.25) is 0 Å². The summed E-state index contributed by atoms with van der Waals surface area (Å²) in [7, 11) is 1.29. The highest BCUT2D eigenvalue weighted by atomic mass is 19.4. The SMILES string of the molecule is CCCCCC1CC(=O)c2c(n(Cc3cccc(C(F)(F)F)c3)c3cccc(C(=O)OC)c23)C1. The van der Waals surface area contributed by atoms with E-state index in [1.165, 1.54) is 13.2 Å². The monoisotopic (exact) mass is 471 g/mol. The van der Waals surface area contributed by atoms with Gasteiger partial charge < -0.3 is 9.30 Å². The quantitative estimate of drug-likeness (QED) is 0.281. The van der Waals surface area contributed by atoms with Gasteiger partial charge in [-0.25, -0.2) is 4.79 Å². The van der Waals surface area contributed by atoms with Gasteiger partial charge in [0.25, 0.3) is 0 Å². The van der Waals surface area contributed by atoms with E-state index in [9.17, 15) is 22.8 Å². The number of halogens is 3. The van der Waals surface area contributed by atoms with Crippen LogP contribution in [0.1, 0.15) is 76.6 Å². The lowest BCUT2D eigenvalue weighted by Gasteiger charge is -2.24. The van der Waals surface area contributed by atoms with Crippen molar-refractivity contribution >= 4 is 22.7 Å². The smallest absolute Gasteiger partial charge is 0.416 e. The Kier molecular flexibility index (Phi) is 6.82. The zero-order valence-corrected chi connectivity index (χ0v) is 19.4. The molecule has 1 atom stereocenters. The Balaban J connectivity index is 1.85. The van der Waals surface area contributed by atoms with Gasteiger partial charge in [-0.15, -0.1) is 0 Å². The van der Waals surface area contributed by atoms with Crippen LogP contribution in [0.3, 0.4) is 0 Å². The minimum Gasteiger partial charge on any atom is -0.465 e. The van der Waals surface area contributed by atoms with Crippen LogP contribution < -0.4 is 0 Å². The summed E-state index contributed by atoms with van der Waals surface area (Å²) in [5, 5.41) is 0.535. The van der Waals surface area contributed by atoms with E-state index in [-0.39, 0.29) is 18.2 Å². The third kappa shape index (κ3) is 4.61. The lowest BCUT2D eigenvalue weighted by Crippen LogP contribution is -2.22. The van der Waals surface area contributed by atoms with Gasteiger partial charge in [0, 0.05) is 29.6 Å². The summed E-state index contributed by atoms with van der Waals surface area (Å²) in [5.41, 5.74) is 2.04. The number of esters is 1. The number of hydrogen-bond acceptors (Lipinski definition) is 3. The summed E-state index contributed by atoms with van der Waals surface area (Å²) in [6, 6.07) is 10.4. The highest BCUT2D eigenvalue weighted by Gasteiger charge is 2.34. The fourth-order valence-corrected chi connectivity index (χ4v) is 5.05. The molecule has 180 valence electrons. The number of benzene rings is 2. The Morgan fingerprint density at radius 3 is 2.59 bits per heavy atom. The first-order chi connectivity index (χ1) is 16.2. The van der Waals surface area contributed by atoms with E-state index < -0.39 is 17.7 Å². The first kappa shape index (κ1) is 24.0. The molecule has 1 heterocycles. The number of rotatable bonds is 7. The van der Waals surface area contributed by atoms with Gasteiger partial charge in [-0.05, 0) is 48.6 Å². The van der Waals surface area contributed by atoms with Crippen molar-refractivity contribution in [3.63, 3.8) is 0 Å². The maximum Gasteiger partial charge on any atom is 0.416 e. The molecule has 0 radical (unpaired) electrons. The first-order valence-electron chi connectivity index (χ1n) is 11.7. The van der Waals surface area contributed by atoms with Gasteiger partial charge in [0.15, 0.2) is 5.78 Å². The van der Waals surface area contributed by atoms with Gasteiger partial charge in [0.1, 0.15) is 0 Å². The topological polar surface area (TPSA) is 48.3 Å². The third-order valence-corrected chi connectivity index (χ3v) is 6.65. The second-order valence-electron chi connectivity index (χ2n) is 8.99. The van der Waals surface area contributed by atoms with Crippen molar-refractivity contribution < 1.29 is 27.5 Å². The van der Waals surface area contributed by atoms with Crippen LogP contribution in [0.4, 0.5) is 13.2 Å². The molecule has 0 aliphatic heterocycles. The number of alkyl halides is 3. The van der Waals surface area contributed by atoms with Crippen molar-refractivity contribution in [2.24, 2.45) is 5.92 Å². The minimum absolute atomic E-state index is 0.0214. The number of unbranched alkanes of at least 4 members (excludes halogenated alkanes) is 2. The van der Waals surface area contributed by atoms with Crippen LogP contribution in [0.25, 0.3) is 10.9 Å². The standard InChI is InChI=1S/C27H28F3NO3/c1-3-4-5-8-17-14-22-25(23(32)15-17)24-20(26(33)34-2)11-7-12-21(24)31(22)16-18-9-6-10-19(13-18)27(28,29)30/h6-7,9-13,17H,3-5,8,14-16H2,1-2H3. The number of Topliss-reactive ketones (excluding diaryl/α,β-unsaturated/α-hetero) is 1. The number of ketones is 1. The average Bonchev–Trinajstić information content (AvgIpc) is 3.12. The first-order valence-corrected chi connectivity index (χ1v) is 11.7. The van der Waals surface area contributed by atoms with Crippen molar-refractivity contribution in [1.82, 2.24) is 4.57 Å². The van der Waals surface area contributed by atoms with E-state index in [0.29, 0.717) is 40.4 Å². The summed E-state index contributed by atoms with van der Waals surface area (Å²) in [6.07, 6.45) is 0.765. The number of carbonyl (C=O) groups is 2. The van der Waals surface area contributed by atoms with Crippen molar-refractivity contribution in [3.05, 3.63) is 70.4 Å². The van der Waals surface area contributed by atoms with Gasteiger partial charge in [0.05, 0.1) is 23.8 Å². The van der Waals surface area contributed by atoms with Crippen LogP contribution in [0.15, 0.2) is 42.5 Å². The van der Waals surface area contributed by atoms with Crippen LogP contribution in [0.2, 0.25) is 0 Å². The zero-order chi connectivity index (χ0) is 24.5. The van der Waals surface area contributed by atoms with Crippen molar-refractivity contribution in [1.29, 1.82) is 0 Å². The lowest BCUT2D eigenvalue weighted by atomic mass is 9.82. The predicted molar refractivity (Wildman–Crippen MR) is 124 cm³/mol. The van der Waals surface area contributed by atoms with Gasteiger partial charge in [-0.3, -0.25) is 4.79 Å². The van der Waals surface area contributed by atoms with E-state index in [0.717, 1.165) is 43.5 Å². The zero-order valence-electron chi connectivity index (χ0n) is 19.4. The van der Waals surface area contributed by atoms with Crippen LogP contribution in [0.5, 0.6) is 0 Å². The molecule has 2 aromatic carbocycles. The molecule has 0 saturated heterocycles. The molecular formula is C27H28F3NO3. The number of hydrogen-bond donors (Lipinski definition) is 0. The number of aromatic nitrogens is 1. The van der Waals surface area contributed by atoms with E-state index >= 15 is 0 Å². The number of nitrogens with zero attached hydrogens (tertiary/aromatic N) is 1. The molecule has 1 aliphatic carbocycles. The second-order valence-corrected chi connectivity index (χ2v) is 8.99. The summed E-state index contributed by atoms with van der Waals surface area (Å²) < 4.78 is 46.8. The second kappa shape index (κ2) is 9.65. The molecule has 0 spiro atoms. The molecule has 34 heavy (non-hydrogen) atoms. The Hall–Kier alpha value is -3.09. The number of methoxy groups -OCH3 is 1. The maximum atomic E-state index is 13.3. The summed E-state index contributed by atoms with van der Waals surface area (Å²) >= 11 is 0. The molecule has 1 unspecified atom stereocenters. The van der Waals surface area contributed by atoms with Gasteiger partial charge >= 0.3 is 12.1 Å². The van der Waals surface area contributed by atoms with Crippen LogP contribution in [-0.2, 0) is 23.9 Å². The molecule has 4 nitrogen and oxygen atoms in total. The van der Waals surface area contributed by atoms with Crippen LogP contribution in [0, 0.1) is 5.92 Å². The van der Waals surface area contributed by atoms with Gasteiger partial charge in [-0.1, -0.05) is 44.4 Å². The Bertz CT molecular complexity index is 1230. The summed E-state index contributed by atoms with van der Waals surface area (Å²) in [5.74, 6) is -0.382. The molecule has 0 fully saturated rings. The largest absolute Gasteiger partial charge is 0.465 e. The Labute approximate surface area is 196 Å². The molecule has 1 aliphatic rings. The highest BCUT2D eigenvalue weighted by molar-refractivity contribution is 6.16. The lowest BCUT2D eigenvalue weighted by molar-refractivity contribution is -0.137. The molecular weight excluding hydrogens is 443 g/mol. The maximum absolute atomic E-state index is 13.3.